The minimum Gasteiger partial charge on any atom is -0.504 e. The van der Waals surface area contributed by atoms with Crippen molar-refractivity contribution in [2.45, 2.75) is 26.3 Å². The largest absolute Gasteiger partial charge is 0.504 e. The minimum absolute atomic E-state index is 0.167. The van der Waals surface area contributed by atoms with Crippen molar-refractivity contribution in [3.05, 3.63) is 59.2 Å². The number of phenols is 1. The second kappa shape index (κ2) is 8.61. The molecule has 0 aliphatic carbocycles. The Morgan fingerprint density at radius 2 is 2.04 bits per heavy atom. The van der Waals surface area contributed by atoms with Crippen LogP contribution in [0.1, 0.15) is 23.6 Å². The van der Waals surface area contributed by atoms with Crippen molar-refractivity contribution in [2.75, 3.05) is 26.7 Å². The van der Waals surface area contributed by atoms with E-state index in [9.17, 15) is 5.11 Å². The van der Waals surface area contributed by atoms with E-state index in [-0.39, 0.29) is 5.75 Å². The van der Waals surface area contributed by atoms with Crippen molar-refractivity contribution < 1.29 is 9.84 Å². The fourth-order valence-corrected chi connectivity index (χ4v) is 3.27. The third-order valence-corrected chi connectivity index (χ3v) is 4.67. The van der Waals surface area contributed by atoms with E-state index in [1.165, 1.54) is 11.1 Å². The molecule has 138 valence electrons. The number of benzene rings is 2. The number of fused-ring (bicyclic) bond motifs is 1. The fourth-order valence-electron chi connectivity index (χ4n) is 3.27. The summed E-state index contributed by atoms with van der Waals surface area (Å²) in [7, 11) is 1.56. The number of nitrogens with one attached hydrogen (secondary N) is 1. The SMILES string of the molecule is CCNC(=NCCc1ccc(O)c(OC)c1)N1CCc2ccccc2C1. The van der Waals surface area contributed by atoms with E-state index in [0.29, 0.717) is 12.3 Å². The summed E-state index contributed by atoms with van der Waals surface area (Å²) in [6.07, 6.45) is 1.85. The molecule has 0 atom stereocenters. The van der Waals surface area contributed by atoms with E-state index >= 15 is 0 Å². The molecule has 0 bridgehead atoms. The molecule has 26 heavy (non-hydrogen) atoms. The Balaban J connectivity index is 1.66. The first kappa shape index (κ1) is 18.1. The maximum Gasteiger partial charge on any atom is 0.194 e. The van der Waals surface area contributed by atoms with Crippen LogP contribution in [-0.4, -0.2) is 42.7 Å². The van der Waals surface area contributed by atoms with Crippen molar-refractivity contribution in [1.29, 1.82) is 0 Å². The van der Waals surface area contributed by atoms with Crippen LogP contribution in [0.2, 0.25) is 0 Å². The van der Waals surface area contributed by atoms with Gasteiger partial charge in [0, 0.05) is 26.2 Å². The number of nitrogens with zero attached hydrogens (tertiary/aromatic N) is 2. The number of hydrogen-bond donors (Lipinski definition) is 2. The fraction of sp³-hybridized carbons (Fsp3) is 0.381. The van der Waals surface area contributed by atoms with Crippen LogP contribution in [0.25, 0.3) is 0 Å². The van der Waals surface area contributed by atoms with Gasteiger partial charge >= 0.3 is 0 Å². The first-order valence-corrected chi connectivity index (χ1v) is 9.17. The summed E-state index contributed by atoms with van der Waals surface area (Å²) in [6, 6.07) is 14.1. The maximum absolute atomic E-state index is 9.70. The predicted molar refractivity (Wildman–Crippen MR) is 105 cm³/mol. The van der Waals surface area contributed by atoms with Crippen molar-refractivity contribution in [3.8, 4) is 11.5 Å². The van der Waals surface area contributed by atoms with Gasteiger partial charge in [-0.05, 0) is 48.6 Å². The Bertz CT molecular complexity index is 774. The van der Waals surface area contributed by atoms with Crippen LogP contribution in [0.15, 0.2) is 47.5 Å². The number of aliphatic imine (C=N–C) groups is 1. The average molecular weight is 353 g/mol. The molecule has 2 aromatic carbocycles. The molecule has 2 N–H and O–H groups in total. The highest BCUT2D eigenvalue weighted by molar-refractivity contribution is 5.80. The summed E-state index contributed by atoms with van der Waals surface area (Å²) in [6.45, 7) is 5.52. The van der Waals surface area contributed by atoms with Crippen molar-refractivity contribution >= 4 is 5.96 Å². The van der Waals surface area contributed by atoms with Crippen LogP contribution in [0.3, 0.4) is 0 Å². The first-order valence-electron chi connectivity index (χ1n) is 9.17. The molecule has 1 aliphatic rings. The second-order valence-electron chi connectivity index (χ2n) is 6.43. The standard InChI is InChI=1S/C21H27N3O2/c1-3-22-21(24-13-11-17-6-4-5-7-18(17)15-24)23-12-10-16-8-9-19(25)20(14-16)26-2/h4-9,14,25H,3,10-13,15H2,1-2H3,(H,22,23). The Labute approximate surface area is 155 Å². The van der Waals surface area contributed by atoms with Gasteiger partial charge in [-0.1, -0.05) is 30.3 Å². The molecule has 2 aromatic rings. The van der Waals surface area contributed by atoms with E-state index in [2.05, 4.69) is 41.4 Å². The van der Waals surface area contributed by atoms with Gasteiger partial charge in [0.2, 0.25) is 0 Å². The predicted octanol–water partition coefficient (Wildman–Crippen LogP) is 2.97. The topological polar surface area (TPSA) is 57.1 Å². The number of aromatic hydroxyl groups is 1. The van der Waals surface area contributed by atoms with E-state index in [1.807, 2.05) is 12.1 Å². The van der Waals surface area contributed by atoms with Crippen molar-refractivity contribution in [1.82, 2.24) is 10.2 Å². The Morgan fingerprint density at radius 1 is 1.23 bits per heavy atom. The van der Waals surface area contributed by atoms with E-state index in [1.54, 1.807) is 13.2 Å². The zero-order chi connectivity index (χ0) is 18.4. The molecule has 0 unspecified atom stereocenters. The number of guanidine groups is 1. The van der Waals surface area contributed by atoms with Crippen LogP contribution in [-0.2, 0) is 19.4 Å². The van der Waals surface area contributed by atoms with Gasteiger partial charge in [0.1, 0.15) is 0 Å². The van der Waals surface area contributed by atoms with Crippen LogP contribution in [0.5, 0.6) is 11.5 Å². The number of methoxy groups -OCH3 is 1. The summed E-state index contributed by atoms with van der Waals surface area (Å²) in [5.74, 6) is 1.64. The summed E-state index contributed by atoms with van der Waals surface area (Å²) in [4.78, 5) is 7.13. The Kier molecular flexibility index (Phi) is 6.00. The molecular weight excluding hydrogens is 326 g/mol. The minimum atomic E-state index is 0.167. The lowest BCUT2D eigenvalue weighted by atomic mass is 10.0. The van der Waals surface area contributed by atoms with Gasteiger partial charge < -0.3 is 20.1 Å². The average Bonchev–Trinajstić information content (AvgIpc) is 2.68. The van der Waals surface area contributed by atoms with Gasteiger partial charge in [-0.2, -0.15) is 0 Å². The molecule has 0 aromatic heterocycles. The molecule has 0 saturated carbocycles. The summed E-state index contributed by atoms with van der Waals surface area (Å²) in [5, 5.41) is 13.1. The van der Waals surface area contributed by atoms with Crippen LogP contribution in [0.4, 0.5) is 0 Å². The zero-order valence-electron chi connectivity index (χ0n) is 15.5. The Hall–Kier alpha value is -2.69. The van der Waals surface area contributed by atoms with E-state index < -0.39 is 0 Å². The van der Waals surface area contributed by atoms with Crippen LogP contribution < -0.4 is 10.1 Å². The molecule has 0 spiro atoms. The molecule has 3 rings (SSSR count). The summed E-state index contributed by atoms with van der Waals surface area (Å²) >= 11 is 0. The summed E-state index contributed by atoms with van der Waals surface area (Å²) in [5.41, 5.74) is 3.92. The molecule has 0 amide bonds. The third kappa shape index (κ3) is 4.28. The molecule has 0 radical (unpaired) electrons. The highest BCUT2D eigenvalue weighted by Gasteiger charge is 2.18. The van der Waals surface area contributed by atoms with Gasteiger partial charge in [-0.25, -0.2) is 0 Å². The molecular formula is C21H27N3O2. The van der Waals surface area contributed by atoms with Crippen molar-refractivity contribution in [3.63, 3.8) is 0 Å². The smallest absolute Gasteiger partial charge is 0.194 e. The van der Waals surface area contributed by atoms with Gasteiger partial charge in [-0.15, -0.1) is 0 Å². The zero-order valence-corrected chi connectivity index (χ0v) is 15.5. The van der Waals surface area contributed by atoms with Crippen LogP contribution in [0, 0.1) is 0 Å². The van der Waals surface area contributed by atoms with Gasteiger partial charge in [-0.3, -0.25) is 4.99 Å². The van der Waals surface area contributed by atoms with Crippen molar-refractivity contribution in [2.24, 2.45) is 4.99 Å². The normalized spacial score (nSPS) is 14.1. The highest BCUT2D eigenvalue weighted by Crippen LogP contribution is 2.26. The molecule has 5 heteroatoms. The molecule has 0 saturated heterocycles. The number of phenolic OH excluding ortho intramolecular Hbond substituents is 1. The maximum atomic E-state index is 9.70. The van der Waals surface area contributed by atoms with E-state index in [4.69, 9.17) is 9.73 Å². The Morgan fingerprint density at radius 3 is 2.81 bits per heavy atom. The number of ether oxygens (including phenoxy) is 1. The van der Waals surface area contributed by atoms with Gasteiger partial charge in [0.15, 0.2) is 17.5 Å². The lowest BCUT2D eigenvalue weighted by molar-refractivity contribution is 0.373. The molecule has 1 aliphatic heterocycles. The quantitative estimate of drug-likeness (QED) is 0.641. The van der Waals surface area contributed by atoms with E-state index in [0.717, 1.165) is 44.0 Å². The highest BCUT2D eigenvalue weighted by atomic mass is 16.5. The lowest BCUT2D eigenvalue weighted by Gasteiger charge is -2.31. The molecule has 5 nitrogen and oxygen atoms in total. The van der Waals surface area contributed by atoms with Gasteiger partial charge in [0.25, 0.3) is 0 Å². The number of hydrogen-bond acceptors (Lipinski definition) is 3. The third-order valence-electron chi connectivity index (χ3n) is 4.67. The molecule has 0 fully saturated rings. The first-order chi connectivity index (χ1) is 12.7. The number of rotatable bonds is 5. The summed E-state index contributed by atoms with van der Waals surface area (Å²) < 4.78 is 5.17. The van der Waals surface area contributed by atoms with Gasteiger partial charge in [0.05, 0.1) is 7.11 Å². The van der Waals surface area contributed by atoms with Crippen LogP contribution >= 0.6 is 0 Å². The monoisotopic (exact) mass is 353 g/mol. The second-order valence-corrected chi connectivity index (χ2v) is 6.43. The lowest BCUT2D eigenvalue weighted by Crippen LogP contribution is -2.44. The molecule has 1 heterocycles.